The van der Waals surface area contributed by atoms with E-state index in [1.54, 1.807) is 18.2 Å². The number of nitro benzene ring substituents is 2. The van der Waals surface area contributed by atoms with Crippen LogP contribution in [0, 0.1) is 26.0 Å². The summed E-state index contributed by atoms with van der Waals surface area (Å²) in [5.41, 5.74) is -0.769. The van der Waals surface area contributed by atoms with E-state index in [-0.39, 0.29) is 11.6 Å². The number of halogens is 1. The fraction of sp³-hybridized carbons (Fsp3) is 0.278. The molecule has 2 aromatic rings. The van der Waals surface area contributed by atoms with Gasteiger partial charge in [-0.25, -0.2) is 0 Å². The van der Waals surface area contributed by atoms with E-state index in [9.17, 15) is 29.4 Å². The highest BCUT2D eigenvalue weighted by Crippen LogP contribution is 2.36. The molecule has 0 aliphatic rings. The third kappa shape index (κ3) is 5.61. The molecule has 0 unspecified atom stereocenters. The molecule has 0 radical (unpaired) electrons. The molecule has 0 aromatic heterocycles. The maximum absolute atomic E-state index is 13.9. The van der Waals surface area contributed by atoms with E-state index >= 15 is 0 Å². The lowest BCUT2D eigenvalue weighted by molar-refractivity contribution is -0.395. The Hall–Kier alpha value is -3.76. The van der Waals surface area contributed by atoms with Crippen molar-refractivity contribution < 1.29 is 19.0 Å². The van der Waals surface area contributed by atoms with Crippen molar-refractivity contribution in [3.05, 3.63) is 61.9 Å². The Morgan fingerprint density at radius 3 is 2.31 bits per heavy atom. The number of nitrogens with zero attached hydrogens (tertiary/aromatic N) is 4. The minimum Gasteiger partial charge on any atom is -0.324 e. The van der Waals surface area contributed by atoms with Gasteiger partial charge in [0.2, 0.25) is 11.7 Å². The number of nitrogens with one attached hydrogen (secondary N) is 1. The molecule has 0 atom stereocenters. The molecule has 11 heteroatoms. The Morgan fingerprint density at radius 1 is 1.07 bits per heavy atom. The number of carbonyl (C=O) groups is 1. The average molecular weight is 403 g/mol. The van der Waals surface area contributed by atoms with Gasteiger partial charge in [0, 0.05) is 13.0 Å². The van der Waals surface area contributed by atoms with E-state index < -0.39 is 32.7 Å². The van der Waals surface area contributed by atoms with Crippen LogP contribution in [0.3, 0.4) is 0 Å². The molecule has 0 saturated heterocycles. The Bertz CT molecular complexity index is 993. The van der Waals surface area contributed by atoms with Crippen molar-refractivity contribution in [1.29, 1.82) is 0 Å². The fourth-order valence-corrected chi connectivity index (χ4v) is 2.51. The number of rotatable bonds is 8. The van der Waals surface area contributed by atoms with Crippen LogP contribution in [0.25, 0.3) is 0 Å². The highest BCUT2D eigenvalue weighted by atomic mass is 19.1. The van der Waals surface area contributed by atoms with Crippen molar-refractivity contribution in [3.8, 4) is 0 Å². The predicted octanol–water partition coefficient (Wildman–Crippen LogP) is 5.36. The maximum atomic E-state index is 13.9. The number of hydrogen-bond acceptors (Lipinski definition) is 7. The van der Waals surface area contributed by atoms with Gasteiger partial charge in [-0.15, -0.1) is 10.2 Å². The van der Waals surface area contributed by atoms with Crippen molar-refractivity contribution in [2.45, 2.75) is 33.1 Å². The largest absolute Gasteiger partial charge is 0.324 e. The van der Waals surface area contributed by atoms with Crippen LogP contribution in [0.4, 0.5) is 32.8 Å². The van der Waals surface area contributed by atoms with E-state index in [1.165, 1.54) is 6.92 Å². The van der Waals surface area contributed by atoms with Gasteiger partial charge < -0.3 is 5.32 Å². The summed E-state index contributed by atoms with van der Waals surface area (Å²) in [4.78, 5) is 31.5. The first-order valence-electron chi connectivity index (χ1n) is 8.67. The minimum absolute atomic E-state index is 0.202. The fourth-order valence-electron chi connectivity index (χ4n) is 2.51. The minimum atomic E-state index is -1.27. The third-order valence-corrected chi connectivity index (χ3v) is 3.89. The molecule has 0 aliphatic carbocycles. The Balaban J connectivity index is 2.47. The number of amides is 1. The predicted molar refractivity (Wildman–Crippen MR) is 103 cm³/mol. The van der Waals surface area contributed by atoms with Gasteiger partial charge in [-0.1, -0.05) is 19.4 Å². The number of anilines is 1. The molecule has 2 rings (SSSR count). The van der Waals surface area contributed by atoms with Gasteiger partial charge in [-0.2, -0.15) is 4.39 Å². The highest BCUT2D eigenvalue weighted by molar-refractivity contribution is 5.92. The SMILES string of the molecule is CCCCc1ccc(N=Nc2cc(F)c([N+](=O)[O-])cc2[N+](=O)[O-])c(NC(C)=O)c1. The van der Waals surface area contributed by atoms with Crippen LogP contribution in [0.5, 0.6) is 0 Å². The Labute approximate surface area is 164 Å². The van der Waals surface area contributed by atoms with Crippen molar-refractivity contribution in [2.75, 3.05) is 5.32 Å². The molecule has 0 aliphatic heterocycles. The van der Waals surface area contributed by atoms with Crippen molar-refractivity contribution in [2.24, 2.45) is 10.2 Å². The highest BCUT2D eigenvalue weighted by Gasteiger charge is 2.25. The zero-order chi connectivity index (χ0) is 21.6. The third-order valence-electron chi connectivity index (χ3n) is 3.89. The molecule has 0 fully saturated rings. The monoisotopic (exact) mass is 403 g/mol. The van der Waals surface area contributed by atoms with E-state index in [4.69, 9.17) is 0 Å². The van der Waals surface area contributed by atoms with Crippen LogP contribution in [0.1, 0.15) is 32.3 Å². The van der Waals surface area contributed by atoms with Gasteiger partial charge in [-0.05, 0) is 30.5 Å². The molecule has 0 heterocycles. The zero-order valence-corrected chi connectivity index (χ0v) is 15.7. The van der Waals surface area contributed by atoms with Gasteiger partial charge >= 0.3 is 11.4 Å². The lowest BCUT2D eigenvalue weighted by Gasteiger charge is -2.08. The second-order valence-corrected chi connectivity index (χ2v) is 6.14. The number of hydrogen-bond donors (Lipinski definition) is 1. The van der Waals surface area contributed by atoms with Gasteiger partial charge in [-0.3, -0.25) is 25.0 Å². The van der Waals surface area contributed by atoms with Gasteiger partial charge in [0.15, 0.2) is 5.69 Å². The second kappa shape index (κ2) is 9.44. The summed E-state index contributed by atoms with van der Waals surface area (Å²) in [6, 6.07) is 6.14. The summed E-state index contributed by atoms with van der Waals surface area (Å²) in [5, 5.41) is 32.1. The van der Waals surface area contributed by atoms with Crippen LogP contribution in [-0.4, -0.2) is 15.8 Å². The summed E-state index contributed by atoms with van der Waals surface area (Å²) in [6.45, 7) is 3.36. The lowest BCUT2D eigenvalue weighted by atomic mass is 10.1. The molecule has 0 bridgehead atoms. The second-order valence-electron chi connectivity index (χ2n) is 6.14. The summed E-state index contributed by atoms with van der Waals surface area (Å²) in [7, 11) is 0. The number of benzene rings is 2. The smallest absolute Gasteiger partial charge is 0.311 e. The van der Waals surface area contributed by atoms with Crippen LogP contribution in [0.15, 0.2) is 40.6 Å². The first kappa shape index (κ1) is 21.5. The number of aryl methyl sites for hydroxylation is 1. The average Bonchev–Trinajstić information content (AvgIpc) is 2.64. The van der Waals surface area contributed by atoms with Gasteiger partial charge in [0.25, 0.3) is 0 Å². The molecule has 10 nitrogen and oxygen atoms in total. The lowest BCUT2D eigenvalue weighted by Crippen LogP contribution is -2.06. The summed E-state index contributed by atoms with van der Waals surface area (Å²) in [6.07, 6.45) is 2.74. The van der Waals surface area contributed by atoms with Crippen molar-refractivity contribution in [3.63, 3.8) is 0 Å². The molecule has 1 N–H and O–H groups in total. The van der Waals surface area contributed by atoms with E-state index in [0.29, 0.717) is 17.8 Å². The summed E-state index contributed by atoms with van der Waals surface area (Å²) >= 11 is 0. The van der Waals surface area contributed by atoms with Crippen molar-refractivity contribution >= 4 is 34.3 Å². The summed E-state index contributed by atoms with van der Waals surface area (Å²) in [5.74, 6) is -1.62. The van der Waals surface area contributed by atoms with Crippen LogP contribution < -0.4 is 5.32 Å². The number of unbranched alkanes of at least 4 members (excludes halogenated alkanes) is 1. The van der Waals surface area contributed by atoms with E-state index in [0.717, 1.165) is 24.8 Å². The zero-order valence-electron chi connectivity index (χ0n) is 15.7. The van der Waals surface area contributed by atoms with Crippen LogP contribution in [-0.2, 0) is 11.2 Å². The van der Waals surface area contributed by atoms with Crippen molar-refractivity contribution in [1.82, 2.24) is 0 Å². The summed E-state index contributed by atoms with van der Waals surface area (Å²) < 4.78 is 13.9. The topological polar surface area (TPSA) is 140 Å². The number of nitro groups is 2. The maximum Gasteiger partial charge on any atom is 0.311 e. The standard InChI is InChI=1S/C18H18FN5O5/c1-3-4-5-12-6-7-14(15(8-12)20-11(2)25)21-22-16-9-13(19)17(23(26)27)10-18(16)24(28)29/h6-10H,3-5H2,1-2H3,(H,20,25). The number of azo groups is 1. The van der Waals surface area contributed by atoms with Crippen LogP contribution in [0.2, 0.25) is 0 Å². The Morgan fingerprint density at radius 2 is 1.72 bits per heavy atom. The van der Waals surface area contributed by atoms with E-state index in [1.807, 2.05) is 6.92 Å². The molecule has 1 amide bonds. The quantitative estimate of drug-likeness (QED) is 0.359. The Kier molecular flexibility index (Phi) is 7.01. The van der Waals surface area contributed by atoms with Gasteiger partial charge in [0.05, 0.1) is 21.6 Å². The molecule has 29 heavy (non-hydrogen) atoms. The van der Waals surface area contributed by atoms with Crippen LogP contribution >= 0.6 is 0 Å². The molecule has 2 aromatic carbocycles. The molecule has 0 saturated carbocycles. The molecular formula is C18H18FN5O5. The number of carbonyl (C=O) groups excluding carboxylic acids is 1. The van der Waals surface area contributed by atoms with Gasteiger partial charge in [0.1, 0.15) is 5.69 Å². The normalized spacial score (nSPS) is 10.9. The molecule has 0 spiro atoms. The molecular weight excluding hydrogens is 385 g/mol. The van der Waals surface area contributed by atoms with E-state index in [2.05, 4.69) is 15.5 Å². The first-order valence-corrected chi connectivity index (χ1v) is 8.67. The first-order chi connectivity index (χ1) is 13.7. The molecule has 152 valence electrons.